The molecule has 1 N–H and O–H groups in total. The molecular weight excluding hydrogens is 439 g/mol. The van der Waals surface area contributed by atoms with Crippen LogP contribution in [0.5, 0.6) is 0 Å². The molecule has 7 heteroatoms. The second-order valence-electron chi connectivity index (χ2n) is 8.48. The SMILES string of the molecule is CN(C)c1ccc(-n2ncc3cc(C(O)(c4cccc5ccccc45)C(F)(F)F)ccc32)cc1. The van der Waals surface area contributed by atoms with Crippen molar-refractivity contribution < 1.29 is 18.3 Å². The van der Waals surface area contributed by atoms with Gasteiger partial charge in [-0.3, -0.25) is 0 Å². The summed E-state index contributed by atoms with van der Waals surface area (Å²) in [5, 5.41) is 17.2. The maximum Gasteiger partial charge on any atom is 0.425 e. The highest BCUT2D eigenvalue weighted by molar-refractivity contribution is 5.88. The lowest BCUT2D eigenvalue weighted by Gasteiger charge is -2.32. The molecule has 0 radical (unpaired) electrons. The monoisotopic (exact) mass is 461 g/mol. The minimum absolute atomic E-state index is 0.205. The average Bonchev–Trinajstić information content (AvgIpc) is 3.26. The molecule has 172 valence electrons. The van der Waals surface area contributed by atoms with E-state index in [0.717, 1.165) is 11.4 Å². The number of rotatable bonds is 4. The van der Waals surface area contributed by atoms with E-state index >= 15 is 0 Å². The predicted molar refractivity (Wildman–Crippen MR) is 128 cm³/mol. The topological polar surface area (TPSA) is 41.3 Å². The number of hydrogen-bond acceptors (Lipinski definition) is 3. The van der Waals surface area contributed by atoms with Gasteiger partial charge in [0.05, 0.1) is 17.4 Å². The first-order valence-corrected chi connectivity index (χ1v) is 10.7. The Morgan fingerprint density at radius 2 is 1.53 bits per heavy atom. The number of nitrogens with zero attached hydrogens (tertiary/aromatic N) is 3. The van der Waals surface area contributed by atoms with Crippen molar-refractivity contribution in [1.29, 1.82) is 0 Å². The van der Waals surface area contributed by atoms with Gasteiger partial charge in [0, 0.05) is 30.7 Å². The Hall–Kier alpha value is -3.84. The Labute approximate surface area is 194 Å². The molecule has 0 amide bonds. The van der Waals surface area contributed by atoms with E-state index in [-0.39, 0.29) is 11.1 Å². The Bertz CT molecular complexity index is 1480. The van der Waals surface area contributed by atoms with Crippen LogP contribution < -0.4 is 4.90 Å². The van der Waals surface area contributed by atoms with Crippen molar-refractivity contribution >= 4 is 27.4 Å². The van der Waals surface area contributed by atoms with Crippen LogP contribution in [0.3, 0.4) is 0 Å². The number of aliphatic hydroxyl groups is 1. The lowest BCUT2D eigenvalue weighted by molar-refractivity contribution is -0.247. The summed E-state index contributed by atoms with van der Waals surface area (Å²) in [6, 6.07) is 23.3. The number of benzene rings is 4. The van der Waals surface area contributed by atoms with Gasteiger partial charge in [-0.15, -0.1) is 0 Å². The average molecular weight is 461 g/mol. The highest BCUT2D eigenvalue weighted by Gasteiger charge is 2.57. The van der Waals surface area contributed by atoms with Crippen LogP contribution in [0.25, 0.3) is 27.4 Å². The molecular formula is C27H22F3N3O. The van der Waals surface area contributed by atoms with E-state index in [1.807, 2.05) is 43.3 Å². The lowest BCUT2D eigenvalue weighted by atomic mass is 9.82. The summed E-state index contributed by atoms with van der Waals surface area (Å²) < 4.78 is 45.2. The van der Waals surface area contributed by atoms with Gasteiger partial charge < -0.3 is 10.0 Å². The molecule has 1 atom stereocenters. The molecule has 0 aliphatic heterocycles. The van der Waals surface area contributed by atoms with Crippen molar-refractivity contribution in [3.63, 3.8) is 0 Å². The zero-order valence-electron chi connectivity index (χ0n) is 18.6. The van der Waals surface area contributed by atoms with Crippen LogP contribution in [0.4, 0.5) is 18.9 Å². The molecule has 0 saturated carbocycles. The molecule has 5 rings (SSSR count). The number of halogens is 3. The highest BCUT2D eigenvalue weighted by Crippen LogP contribution is 2.47. The molecule has 0 saturated heterocycles. The first kappa shape index (κ1) is 22.0. The van der Waals surface area contributed by atoms with Crippen molar-refractivity contribution in [2.24, 2.45) is 0 Å². The van der Waals surface area contributed by atoms with Crippen LogP contribution in [-0.2, 0) is 5.60 Å². The van der Waals surface area contributed by atoms with E-state index < -0.39 is 11.8 Å². The van der Waals surface area contributed by atoms with E-state index in [1.54, 1.807) is 41.1 Å². The molecule has 1 aromatic heterocycles. The van der Waals surface area contributed by atoms with Gasteiger partial charge in [-0.05, 0) is 52.7 Å². The fourth-order valence-electron chi connectivity index (χ4n) is 4.37. The second-order valence-corrected chi connectivity index (χ2v) is 8.48. The van der Waals surface area contributed by atoms with Gasteiger partial charge in [-0.25, -0.2) is 4.68 Å². The van der Waals surface area contributed by atoms with E-state index in [1.165, 1.54) is 30.5 Å². The molecule has 1 unspecified atom stereocenters. The van der Waals surface area contributed by atoms with Crippen molar-refractivity contribution in [3.05, 3.63) is 102 Å². The molecule has 0 fully saturated rings. The first-order valence-electron chi connectivity index (χ1n) is 10.7. The number of aromatic nitrogens is 2. The van der Waals surface area contributed by atoms with Crippen LogP contribution >= 0.6 is 0 Å². The zero-order chi connectivity index (χ0) is 24.1. The molecule has 1 heterocycles. The molecule has 34 heavy (non-hydrogen) atoms. The predicted octanol–water partition coefficient (Wildman–Crippen LogP) is 6.04. The molecule has 4 aromatic carbocycles. The van der Waals surface area contributed by atoms with Crippen LogP contribution in [-0.4, -0.2) is 35.2 Å². The lowest BCUT2D eigenvalue weighted by Crippen LogP contribution is -2.43. The minimum Gasteiger partial charge on any atom is -0.378 e. The summed E-state index contributed by atoms with van der Waals surface area (Å²) in [5.41, 5.74) is -1.20. The van der Waals surface area contributed by atoms with E-state index in [2.05, 4.69) is 5.10 Å². The van der Waals surface area contributed by atoms with Gasteiger partial charge >= 0.3 is 6.18 Å². The third-order valence-electron chi connectivity index (χ3n) is 6.19. The molecule has 4 nitrogen and oxygen atoms in total. The van der Waals surface area contributed by atoms with Crippen LogP contribution in [0, 0.1) is 0 Å². The smallest absolute Gasteiger partial charge is 0.378 e. The normalized spacial score (nSPS) is 13.8. The van der Waals surface area contributed by atoms with Crippen LogP contribution in [0.2, 0.25) is 0 Å². The minimum atomic E-state index is -4.94. The summed E-state index contributed by atoms with van der Waals surface area (Å²) in [6.45, 7) is 0. The number of alkyl halides is 3. The third kappa shape index (κ3) is 3.40. The Kier molecular flexibility index (Phi) is 5.10. The highest BCUT2D eigenvalue weighted by atomic mass is 19.4. The van der Waals surface area contributed by atoms with Crippen molar-refractivity contribution in [3.8, 4) is 5.69 Å². The van der Waals surface area contributed by atoms with Crippen LogP contribution in [0.1, 0.15) is 11.1 Å². The fraction of sp³-hybridized carbons (Fsp3) is 0.148. The van der Waals surface area contributed by atoms with Crippen molar-refractivity contribution in [1.82, 2.24) is 9.78 Å². The maximum absolute atomic E-state index is 14.5. The Balaban J connectivity index is 1.66. The van der Waals surface area contributed by atoms with Gasteiger partial charge in [0.2, 0.25) is 5.60 Å². The summed E-state index contributed by atoms with van der Waals surface area (Å²) in [5.74, 6) is 0. The van der Waals surface area contributed by atoms with Crippen molar-refractivity contribution in [2.45, 2.75) is 11.8 Å². The number of fused-ring (bicyclic) bond motifs is 2. The quantitative estimate of drug-likeness (QED) is 0.355. The third-order valence-corrected chi connectivity index (χ3v) is 6.19. The summed E-state index contributed by atoms with van der Waals surface area (Å²) in [4.78, 5) is 1.97. The zero-order valence-corrected chi connectivity index (χ0v) is 18.6. The van der Waals surface area contributed by atoms with Crippen molar-refractivity contribution in [2.75, 3.05) is 19.0 Å². The van der Waals surface area contributed by atoms with E-state index in [0.29, 0.717) is 21.7 Å². The molecule has 0 bridgehead atoms. The summed E-state index contributed by atoms with van der Waals surface area (Å²) in [6.07, 6.45) is -3.43. The van der Waals surface area contributed by atoms with Gasteiger partial charge in [0.1, 0.15) is 0 Å². The Morgan fingerprint density at radius 3 is 2.24 bits per heavy atom. The largest absolute Gasteiger partial charge is 0.425 e. The van der Waals surface area contributed by atoms with Gasteiger partial charge in [0.15, 0.2) is 0 Å². The van der Waals surface area contributed by atoms with Gasteiger partial charge in [0.25, 0.3) is 0 Å². The number of anilines is 1. The van der Waals surface area contributed by atoms with Gasteiger partial charge in [-0.2, -0.15) is 18.3 Å². The fourth-order valence-corrected chi connectivity index (χ4v) is 4.37. The molecule has 0 spiro atoms. The molecule has 0 aliphatic rings. The summed E-state index contributed by atoms with van der Waals surface area (Å²) in [7, 11) is 3.88. The number of hydrogen-bond donors (Lipinski definition) is 1. The molecule has 0 aliphatic carbocycles. The molecule has 5 aromatic rings. The van der Waals surface area contributed by atoms with E-state index in [4.69, 9.17) is 0 Å². The first-order chi connectivity index (χ1) is 16.2. The van der Waals surface area contributed by atoms with E-state index in [9.17, 15) is 18.3 Å². The van der Waals surface area contributed by atoms with Gasteiger partial charge in [-0.1, -0.05) is 48.5 Å². The van der Waals surface area contributed by atoms with Crippen LogP contribution in [0.15, 0.2) is 91.1 Å². The Morgan fingerprint density at radius 1 is 0.824 bits per heavy atom. The second kappa shape index (κ2) is 7.88. The standard InChI is InChI=1S/C27H22F3N3O/c1-32(2)21-11-13-22(14-12-21)33-25-15-10-20(16-19(25)17-31-33)26(34,27(28,29)30)24-9-5-7-18-6-3-4-8-23(18)24/h3-17,34H,1-2H3. The summed E-state index contributed by atoms with van der Waals surface area (Å²) >= 11 is 0. The maximum atomic E-state index is 14.5.